The third-order valence-corrected chi connectivity index (χ3v) is 4.75. The number of imidazole rings is 1. The first-order valence-electron chi connectivity index (χ1n) is 8.97. The number of aromatic nitrogens is 2. The molecule has 3 heterocycles. The van der Waals surface area contributed by atoms with Gasteiger partial charge in [0.15, 0.2) is 12.0 Å². The molecule has 0 aliphatic carbocycles. The maximum Gasteiger partial charge on any atom is 0.283 e. The van der Waals surface area contributed by atoms with Gasteiger partial charge in [0.05, 0.1) is 12.1 Å². The first-order valence-corrected chi connectivity index (χ1v) is 8.97. The van der Waals surface area contributed by atoms with Crippen molar-refractivity contribution in [2.75, 3.05) is 23.4 Å². The van der Waals surface area contributed by atoms with Crippen molar-refractivity contribution >= 4 is 23.3 Å². The predicted octanol–water partition coefficient (Wildman–Crippen LogP) is 1.18. The van der Waals surface area contributed by atoms with Gasteiger partial charge in [-0.1, -0.05) is 0 Å². The molecule has 11 heteroatoms. The lowest BCUT2D eigenvalue weighted by Crippen LogP contribution is -2.38. The Labute approximate surface area is 164 Å². The van der Waals surface area contributed by atoms with Gasteiger partial charge in [-0.2, -0.15) is 0 Å². The average Bonchev–Trinajstić information content (AvgIpc) is 3.21. The molecule has 154 valence electrons. The summed E-state index contributed by atoms with van der Waals surface area (Å²) in [5, 5.41) is 2.98. The van der Waals surface area contributed by atoms with Crippen LogP contribution in [-0.4, -0.2) is 53.3 Å². The third-order valence-electron chi connectivity index (χ3n) is 4.75. The summed E-state index contributed by atoms with van der Waals surface area (Å²) < 4.78 is 38.9. The van der Waals surface area contributed by atoms with Crippen LogP contribution in [0.4, 0.5) is 20.3 Å². The number of alkyl halides is 2. The Morgan fingerprint density at radius 2 is 2.21 bits per heavy atom. The smallest absolute Gasteiger partial charge is 0.283 e. The Bertz CT molecular complexity index is 964. The van der Waals surface area contributed by atoms with E-state index in [4.69, 9.17) is 15.2 Å². The highest BCUT2D eigenvalue weighted by atomic mass is 19.3. The van der Waals surface area contributed by atoms with Crippen molar-refractivity contribution in [1.29, 1.82) is 0 Å². The number of halogens is 2. The first kappa shape index (κ1) is 19.1. The van der Waals surface area contributed by atoms with Gasteiger partial charge in [0.25, 0.3) is 12.3 Å². The van der Waals surface area contributed by atoms with E-state index in [1.807, 2.05) is 0 Å². The van der Waals surface area contributed by atoms with Crippen LogP contribution in [-0.2, 0) is 20.9 Å². The molecule has 0 bridgehead atoms. The summed E-state index contributed by atoms with van der Waals surface area (Å²) in [4.78, 5) is 28.6. The fourth-order valence-electron chi connectivity index (χ4n) is 3.28. The van der Waals surface area contributed by atoms with Gasteiger partial charge < -0.3 is 25.1 Å². The number of rotatable bonds is 5. The number of carbonyl (C=O) groups is 2. The van der Waals surface area contributed by atoms with Crippen LogP contribution >= 0.6 is 0 Å². The number of fused-ring (bicyclic) bond motifs is 3. The molecule has 1 saturated heterocycles. The van der Waals surface area contributed by atoms with E-state index < -0.39 is 37.1 Å². The van der Waals surface area contributed by atoms with Gasteiger partial charge in [0, 0.05) is 18.0 Å². The molecule has 0 saturated carbocycles. The van der Waals surface area contributed by atoms with Crippen molar-refractivity contribution in [3.05, 3.63) is 24.4 Å². The number of anilines is 2. The molecule has 1 unspecified atom stereocenters. The molecule has 2 aliphatic rings. The van der Waals surface area contributed by atoms with Gasteiger partial charge in [0.2, 0.25) is 5.91 Å². The highest BCUT2D eigenvalue weighted by Gasteiger charge is 2.41. The molecule has 2 amide bonds. The number of hydrogen-bond acceptors (Lipinski definition) is 6. The van der Waals surface area contributed by atoms with Crippen LogP contribution in [0.15, 0.2) is 24.4 Å². The van der Waals surface area contributed by atoms with Crippen molar-refractivity contribution in [1.82, 2.24) is 9.55 Å². The van der Waals surface area contributed by atoms with Gasteiger partial charge in [-0.05, 0) is 19.1 Å². The number of benzene rings is 1. The van der Waals surface area contributed by atoms with E-state index in [9.17, 15) is 18.4 Å². The Morgan fingerprint density at radius 3 is 2.93 bits per heavy atom. The second-order valence-electron chi connectivity index (χ2n) is 6.74. The second kappa shape index (κ2) is 7.32. The molecule has 9 nitrogen and oxygen atoms in total. The Hall–Kier alpha value is -3.21. The third kappa shape index (κ3) is 3.48. The van der Waals surface area contributed by atoms with Gasteiger partial charge in [-0.3, -0.25) is 14.5 Å². The highest BCUT2D eigenvalue weighted by Crippen LogP contribution is 2.36. The Kier molecular flexibility index (Phi) is 4.82. The van der Waals surface area contributed by atoms with Crippen LogP contribution in [0.5, 0.6) is 5.75 Å². The molecule has 1 fully saturated rings. The number of nitrogens with zero attached hydrogens (tertiary/aromatic N) is 3. The van der Waals surface area contributed by atoms with E-state index in [2.05, 4.69) is 10.3 Å². The van der Waals surface area contributed by atoms with E-state index in [-0.39, 0.29) is 5.82 Å². The van der Waals surface area contributed by atoms with Crippen LogP contribution in [0.3, 0.4) is 0 Å². The normalized spacial score (nSPS) is 19.4. The Balaban J connectivity index is 1.68. The molecule has 1 aromatic heterocycles. The number of nitrogens with two attached hydrogens (primary N) is 1. The monoisotopic (exact) mass is 407 g/mol. The van der Waals surface area contributed by atoms with E-state index in [0.29, 0.717) is 36.0 Å². The predicted molar refractivity (Wildman–Crippen MR) is 98.7 cm³/mol. The summed E-state index contributed by atoms with van der Waals surface area (Å²) in [7, 11) is 0. The van der Waals surface area contributed by atoms with Crippen LogP contribution in [0.2, 0.25) is 0 Å². The summed E-state index contributed by atoms with van der Waals surface area (Å²) in [6.07, 6.45) is -2.96. The number of amides is 2. The lowest BCUT2D eigenvalue weighted by Gasteiger charge is -2.19. The molecule has 3 N–H and O–H groups in total. The van der Waals surface area contributed by atoms with Crippen molar-refractivity contribution in [3.63, 3.8) is 0 Å². The van der Waals surface area contributed by atoms with Crippen molar-refractivity contribution in [2.24, 2.45) is 5.73 Å². The van der Waals surface area contributed by atoms with Gasteiger partial charge in [-0.25, -0.2) is 13.8 Å². The number of nitrogens with one attached hydrogen (secondary N) is 1. The molecule has 2 atom stereocenters. The molecular formula is C18H19F2N5O4. The van der Waals surface area contributed by atoms with Crippen LogP contribution in [0.1, 0.15) is 6.92 Å². The summed E-state index contributed by atoms with van der Waals surface area (Å²) >= 11 is 0. The van der Waals surface area contributed by atoms with Crippen molar-refractivity contribution in [3.8, 4) is 17.1 Å². The van der Waals surface area contributed by atoms with Crippen molar-refractivity contribution < 1.29 is 27.8 Å². The molecule has 2 aliphatic heterocycles. The topological polar surface area (TPSA) is 112 Å². The minimum Gasteiger partial charge on any atom is -0.491 e. The average molecular weight is 407 g/mol. The second-order valence-corrected chi connectivity index (χ2v) is 6.74. The molecule has 1 aromatic carbocycles. The molecule has 0 spiro atoms. The largest absolute Gasteiger partial charge is 0.491 e. The minimum atomic E-state index is -2.85. The molecule has 0 radical (unpaired) electrons. The number of carbonyl (C=O) groups excluding carboxylic acids is 2. The SMILES string of the molecule is C[C@H](Nc1ccc2c(c1)OCCn1cc(N3C(=O)COC3C(F)F)nc1-2)C(N)=O. The first-order chi connectivity index (χ1) is 13.8. The number of primary amides is 1. The fourth-order valence-corrected chi connectivity index (χ4v) is 3.28. The molecule has 2 aromatic rings. The van der Waals surface area contributed by atoms with Crippen LogP contribution < -0.4 is 20.7 Å². The van der Waals surface area contributed by atoms with Crippen LogP contribution in [0.25, 0.3) is 11.4 Å². The van der Waals surface area contributed by atoms with E-state index in [1.54, 1.807) is 29.7 Å². The van der Waals surface area contributed by atoms with Gasteiger partial charge in [-0.15, -0.1) is 0 Å². The maximum absolute atomic E-state index is 13.2. The quantitative estimate of drug-likeness (QED) is 0.770. The minimum absolute atomic E-state index is 0.102. The lowest BCUT2D eigenvalue weighted by atomic mass is 10.1. The van der Waals surface area contributed by atoms with E-state index >= 15 is 0 Å². The summed E-state index contributed by atoms with van der Waals surface area (Å²) in [6.45, 7) is 1.96. The van der Waals surface area contributed by atoms with E-state index in [0.717, 1.165) is 4.90 Å². The summed E-state index contributed by atoms with van der Waals surface area (Å²) in [5.74, 6) is 0.0315. The highest BCUT2D eigenvalue weighted by molar-refractivity contribution is 5.95. The zero-order chi connectivity index (χ0) is 20.7. The van der Waals surface area contributed by atoms with E-state index in [1.165, 1.54) is 6.20 Å². The fraction of sp³-hybridized carbons (Fsp3) is 0.389. The maximum atomic E-state index is 13.2. The zero-order valence-electron chi connectivity index (χ0n) is 15.5. The van der Waals surface area contributed by atoms with Crippen LogP contribution in [0, 0.1) is 0 Å². The lowest BCUT2D eigenvalue weighted by molar-refractivity contribution is -0.118. The number of hydrogen-bond donors (Lipinski definition) is 2. The Morgan fingerprint density at radius 1 is 1.41 bits per heavy atom. The number of ether oxygens (including phenoxy) is 2. The van der Waals surface area contributed by atoms with Crippen molar-refractivity contribution in [2.45, 2.75) is 32.2 Å². The standard InChI is InChI=1S/C18H19F2N5O4/c1-9(16(21)27)22-10-2-3-11-12(6-10)28-5-4-24-7-13(23-17(11)24)25-14(26)8-29-18(25)15(19)20/h2-3,6-7,9,15,18,22H,4-5,8H2,1H3,(H2,21,27)/t9-,18?/m0/s1. The summed E-state index contributed by atoms with van der Waals surface area (Å²) in [6, 6.07) is 4.62. The molecule has 29 heavy (non-hydrogen) atoms. The molecule has 4 rings (SSSR count). The summed E-state index contributed by atoms with van der Waals surface area (Å²) in [5.41, 5.74) is 6.54. The van der Waals surface area contributed by atoms with Gasteiger partial charge >= 0.3 is 0 Å². The zero-order valence-corrected chi connectivity index (χ0v) is 15.5. The van der Waals surface area contributed by atoms with Gasteiger partial charge in [0.1, 0.15) is 30.8 Å². The molecular weight excluding hydrogens is 388 g/mol.